The van der Waals surface area contributed by atoms with Crippen molar-refractivity contribution in [1.82, 2.24) is 15.0 Å². The van der Waals surface area contributed by atoms with E-state index in [2.05, 4.69) is 34.1 Å². The van der Waals surface area contributed by atoms with Gasteiger partial charge in [-0.1, -0.05) is 6.92 Å². The summed E-state index contributed by atoms with van der Waals surface area (Å²) >= 11 is 0. The van der Waals surface area contributed by atoms with Crippen LogP contribution in [0.5, 0.6) is 0 Å². The number of carbonyl (C=O) groups excluding carboxylic acids is 1. The lowest BCUT2D eigenvalue weighted by molar-refractivity contribution is 0.102. The SMILES string of the molecule is CCc1c(C)[nH]c2ccc(NC(=O)c3ccncn3)cc12. The van der Waals surface area contributed by atoms with Crippen LogP contribution in [0.25, 0.3) is 10.9 Å². The Hall–Kier alpha value is -2.69. The Morgan fingerprint density at radius 2 is 2.19 bits per heavy atom. The van der Waals surface area contributed by atoms with E-state index >= 15 is 0 Å². The van der Waals surface area contributed by atoms with Crippen LogP contribution >= 0.6 is 0 Å². The van der Waals surface area contributed by atoms with Crippen LogP contribution in [0, 0.1) is 6.92 Å². The summed E-state index contributed by atoms with van der Waals surface area (Å²) in [7, 11) is 0. The lowest BCUT2D eigenvalue weighted by Gasteiger charge is -2.05. The molecule has 3 aromatic rings. The van der Waals surface area contributed by atoms with Crippen molar-refractivity contribution in [2.75, 3.05) is 5.32 Å². The predicted molar refractivity (Wildman–Crippen MR) is 82.4 cm³/mol. The largest absolute Gasteiger partial charge is 0.358 e. The van der Waals surface area contributed by atoms with Gasteiger partial charge in [0.05, 0.1) is 0 Å². The highest BCUT2D eigenvalue weighted by Crippen LogP contribution is 2.25. The first-order chi connectivity index (χ1) is 10.2. The smallest absolute Gasteiger partial charge is 0.274 e. The second-order valence-corrected chi connectivity index (χ2v) is 4.89. The first-order valence-corrected chi connectivity index (χ1v) is 6.87. The minimum Gasteiger partial charge on any atom is -0.358 e. The van der Waals surface area contributed by atoms with Crippen LogP contribution in [0.1, 0.15) is 28.7 Å². The van der Waals surface area contributed by atoms with E-state index in [9.17, 15) is 4.79 Å². The molecule has 0 aliphatic heterocycles. The number of nitrogens with zero attached hydrogens (tertiary/aromatic N) is 2. The third-order valence-corrected chi connectivity index (χ3v) is 3.55. The first kappa shape index (κ1) is 13.3. The molecular weight excluding hydrogens is 264 g/mol. The van der Waals surface area contributed by atoms with Crippen LogP contribution in [-0.4, -0.2) is 20.9 Å². The molecule has 2 N–H and O–H groups in total. The van der Waals surface area contributed by atoms with Gasteiger partial charge in [0.2, 0.25) is 0 Å². The number of anilines is 1. The lowest BCUT2D eigenvalue weighted by atomic mass is 10.1. The fourth-order valence-corrected chi connectivity index (χ4v) is 2.54. The highest BCUT2D eigenvalue weighted by molar-refractivity contribution is 6.04. The Morgan fingerprint density at radius 1 is 1.33 bits per heavy atom. The van der Waals surface area contributed by atoms with Gasteiger partial charge in [0, 0.05) is 28.5 Å². The minimum atomic E-state index is -0.234. The van der Waals surface area contributed by atoms with Crippen molar-refractivity contribution in [2.45, 2.75) is 20.3 Å². The number of H-pyrrole nitrogens is 1. The lowest BCUT2D eigenvalue weighted by Crippen LogP contribution is -2.13. The zero-order valence-electron chi connectivity index (χ0n) is 12.0. The molecule has 2 aromatic heterocycles. The number of aromatic amines is 1. The van der Waals surface area contributed by atoms with Crippen molar-refractivity contribution < 1.29 is 4.79 Å². The number of benzene rings is 1. The molecule has 5 nitrogen and oxygen atoms in total. The van der Waals surface area contributed by atoms with Gasteiger partial charge in [-0.2, -0.15) is 0 Å². The van der Waals surface area contributed by atoms with Crippen LogP contribution in [-0.2, 0) is 6.42 Å². The number of carbonyl (C=O) groups is 1. The second-order valence-electron chi connectivity index (χ2n) is 4.89. The first-order valence-electron chi connectivity index (χ1n) is 6.87. The maximum Gasteiger partial charge on any atom is 0.274 e. The molecule has 0 unspecified atom stereocenters. The average molecular weight is 280 g/mol. The molecule has 21 heavy (non-hydrogen) atoms. The number of fused-ring (bicyclic) bond motifs is 1. The van der Waals surface area contributed by atoms with E-state index in [1.807, 2.05) is 18.2 Å². The quantitative estimate of drug-likeness (QED) is 0.774. The molecule has 2 heterocycles. The van der Waals surface area contributed by atoms with Crippen molar-refractivity contribution in [3.63, 3.8) is 0 Å². The van der Waals surface area contributed by atoms with Gasteiger partial charge in [-0.25, -0.2) is 9.97 Å². The molecule has 0 bridgehead atoms. The summed E-state index contributed by atoms with van der Waals surface area (Å²) in [5.74, 6) is -0.234. The summed E-state index contributed by atoms with van der Waals surface area (Å²) in [6.45, 7) is 4.19. The van der Waals surface area contributed by atoms with Crippen molar-refractivity contribution in [2.24, 2.45) is 0 Å². The number of hydrogen-bond acceptors (Lipinski definition) is 3. The molecule has 0 atom stereocenters. The summed E-state index contributed by atoms with van der Waals surface area (Å²) in [6, 6.07) is 7.45. The van der Waals surface area contributed by atoms with Gasteiger partial charge in [-0.3, -0.25) is 4.79 Å². The fraction of sp³-hybridized carbons (Fsp3) is 0.188. The molecule has 106 valence electrons. The Morgan fingerprint density at radius 3 is 2.90 bits per heavy atom. The van der Waals surface area contributed by atoms with Crippen molar-refractivity contribution in [3.05, 3.63) is 53.7 Å². The number of rotatable bonds is 3. The van der Waals surface area contributed by atoms with Crippen molar-refractivity contribution in [1.29, 1.82) is 0 Å². The molecular formula is C16H16N4O. The van der Waals surface area contributed by atoms with Gasteiger partial charge in [-0.15, -0.1) is 0 Å². The Balaban J connectivity index is 1.93. The number of amides is 1. The molecule has 0 saturated carbocycles. The van der Waals surface area contributed by atoms with Crippen LogP contribution in [0.2, 0.25) is 0 Å². The van der Waals surface area contributed by atoms with Gasteiger partial charge >= 0.3 is 0 Å². The summed E-state index contributed by atoms with van der Waals surface area (Å²) in [5, 5.41) is 4.02. The normalized spacial score (nSPS) is 10.8. The zero-order valence-corrected chi connectivity index (χ0v) is 12.0. The highest BCUT2D eigenvalue weighted by Gasteiger charge is 2.10. The highest BCUT2D eigenvalue weighted by atomic mass is 16.1. The van der Waals surface area contributed by atoms with Crippen LogP contribution in [0.3, 0.4) is 0 Å². The van der Waals surface area contributed by atoms with Gasteiger partial charge in [0.1, 0.15) is 12.0 Å². The molecule has 0 fully saturated rings. The van der Waals surface area contributed by atoms with Crippen molar-refractivity contribution in [3.8, 4) is 0 Å². The molecule has 5 heteroatoms. The van der Waals surface area contributed by atoms with E-state index in [1.165, 1.54) is 17.6 Å². The van der Waals surface area contributed by atoms with E-state index in [0.717, 1.165) is 23.0 Å². The molecule has 3 rings (SSSR count). The Kier molecular flexibility index (Phi) is 3.39. The van der Waals surface area contributed by atoms with Gasteiger partial charge < -0.3 is 10.3 Å². The van der Waals surface area contributed by atoms with E-state index in [0.29, 0.717) is 5.69 Å². The van der Waals surface area contributed by atoms with Crippen LogP contribution in [0.4, 0.5) is 5.69 Å². The van der Waals surface area contributed by atoms with E-state index < -0.39 is 0 Å². The summed E-state index contributed by atoms with van der Waals surface area (Å²) in [5.41, 5.74) is 4.66. The zero-order chi connectivity index (χ0) is 14.8. The maximum atomic E-state index is 12.1. The number of aryl methyl sites for hydroxylation is 2. The van der Waals surface area contributed by atoms with Crippen molar-refractivity contribution >= 4 is 22.5 Å². The van der Waals surface area contributed by atoms with E-state index in [-0.39, 0.29) is 5.91 Å². The second kappa shape index (κ2) is 5.36. The molecule has 0 aliphatic rings. The van der Waals surface area contributed by atoms with Gasteiger partial charge in [-0.05, 0) is 43.2 Å². The topological polar surface area (TPSA) is 70.7 Å². The Bertz CT molecular complexity index is 793. The molecule has 0 spiro atoms. The third kappa shape index (κ3) is 2.50. The van der Waals surface area contributed by atoms with E-state index in [4.69, 9.17) is 0 Å². The third-order valence-electron chi connectivity index (χ3n) is 3.55. The monoisotopic (exact) mass is 280 g/mol. The van der Waals surface area contributed by atoms with Gasteiger partial charge in [0.25, 0.3) is 5.91 Å². The molecule has 1 aromatic carbocycles. The summed E-state index contributed by atoms with van der Waals surface area (Å²) < 4.78 is 0. The number of hydrogen-bond donors (Lipinski definition) is 2. The number of aromatic nitrogens is 3. The van der Waals surface area contributed by atoms with Crippen LogP contribution < -0.4 is 5.32 Å². The number of nitrogens with one attached hydrogen (secondary N) is 2. The summed E-state index contributed by atoms with van der Waals surface area (Å²) in [6.07, 6.45) is 3.87. The molecule has 0 radical (unpaired) electrons. The summed E-state index contributed by atoms with van der Waals surface area (Å²) in [4.78, 5) is 23.2. The molecule has 0 aliphatic carbocycles. The maximum absolute atomic E-state index is 12.1. The predicted octanol–water partition coefficient (Wildman–Crippen LogP) is 3.08. The standard InChI is InChI=1S/C16H16N4O/c1-3-12-10(2)19-14-5-4-11(8-13(12)14)20-16(21)15-6-7-17-9-18-15/h4-9,19H,3H2,1-2H3,(H,20,21). The van der Waals surface area contributed by atoms with Gasteiger partial charge in [0.15, 0.2) is 0 Å². The fourth-order valence-electron chi connectivity index (χ4n) is 2.54. The minimum absolute atomic E-state index is 0.234. The van der Waals surface area contributed by atoms with E-state index in [1.54, 1.807) is 12.3 Å². The molecule has 1 amide bonds. The molecule has 0 saturated heterocycles. The average Bonchev–Trinajstić information content (AvgIpc) is 2.82. The Labute approximate surface area is 122 Å². The van der Waals surface area contributed by atoms with Crippen LogP contribution in [0.15, 0.2) is 36.8 Å².